The van der Waals surface area contributed by atoms with E-state index in [1.165, 1.54) is 11.3 Å². The van der Waals surface area contributed by atoms with Crippen LogP contribution >= 0.6 is 11.3 Å². The van der Waals surface area contributed by atoms with Gasteiger partial charge in [-0.1, -0.05) is 5.16 Å². The van der Waals surface area contributed by atoms with Crippen molar-refractivity contribution in [3.05, 3.63) is 36.0 Å². The van der Waals surface area contributed by atoms with Crippen LogP contribution in [0.15, 0.2) is 40.5 Å². The number of aromatic nitrogens is 3. The molecule has 0 radical (unpaired) electrons. The Hall–Kier alpha value is -2.21. The molecule has 0 atom stereocenters. The third-order valence-electron chi connectivity index (χ3n) is 2.50. The van der Waals surface area contributed by atoms with E-state index in [1.54, 1.807) is 11.7 Å². The molecule has 0 bridgehead atoms. The summed E-state index contributed by atoms with van der Waals surface area (Å²) in [5, 5.41) is 7.01. The van der Waals surface area contributed by atoms with Crippen molar-refractivity contribution < 1.29 is 4.52 Å². The van der Waals surface area contributed by atoms with Gasteiger partial charge in [0.05, 0.1) is 10.4 Å². The van der Waals surface area contributed by atoms with E-state index in [9.17, 15) is 0 Å². The van der Waals surface area contributed by atoms with Crippen LogP contribution in [0.1, 0.15) is 0 Å². The normalized spacial score (nSPS) is 10.5. The summed E-state index contributed by atoms with van der Waals surface area (Å²) in [5.74, 6) is 1.09. The average molecular weight is 258 g/mol. The first-order valence-electron chi connectivity index (χ1n) is 5.37. The lowest BCUT2D eigenvalue weighted by atomic mass is 10.2. The van der Waals surface area contributed by atoms with Crippen molar-refractivity contribution in [2.24, 2.45) is 0 Å². The zero-order chi connectivity index (χ0) is 12.4. The molecular formula is C12H10N4OS. The zero-order valence-electron chi connectivity index (χ0n) is 9.62. The predicted molar refractivity (Wildman–Crippen MR) is 70.4 cm³/mol. The SMILES string of the molecule is CNc1ccc(-c2nc(-c3cncs3)no2)cc1. The molecule has 0 fully saturated rings. The molecule has 0 amide bonds. The molecular weight excluding hydrogens is 248 g/mol. The Morgan fingerprint density at radius 3 is 2.72 bits per heavy atom. The maximum absolute atomic E-state index is 5.25. The molecule has 0 aliphatic rings. The summed E-state index contributed by atoms with van der Waals surface area (Å²) in [5.41, 5.74) is 3.69. The Labute approximate surface area is 108 Å². The third-order valence-corrected chi connectivity index (χ3v) is 3.27. The van der Waals surface area contributed by atoms with E-state index in [1.807, 2.05) is 31.3 Å². The summed E-state index contributed by atoms with van der Waals surface area (Å²) < 4.78 is 5.25. The van der Waals surface area contributed by atoms with E-state index < -0.39 is 0 Å². The maximum Gasteiger partial charge on any atom is 0.258 e. The number of nitrogens with one attached hydrogen (secondary N) is 1. The molecule has 2 heterocycles. The van der Waals surface area contributed by atoms with Gasteiger partial charge in [0.2, 0.25) is 5.82 Å². The van der Waals surface area contributed by atoms with E-state index in [2.05, 4.69) is 20.4 Å². The smallest absolute Gasteiger partial charge is 0.258 e. The molecule has 0 aliphatic heterocycles. The summed E-state index contributed by atoms with van der Waals surface area (Å²) in [4.78, 5) is 9.24. The molecule has 3 rings (SSSR count). The summed E-state index contributed by atoms with van der Waals surface area (Å²) in [7, 11) is 1.88. The topological polar surface area (TPSA) is 63.8 Å². The highest BCUT2D eigenvalue weighted by molar-refractivity contribution is 7.13. The monoisotopic (exact) mass is 258 g/mol. The van der Waals surface area contributed by atoms with E-state index in [4.69, 9.17) is 4.52 Å². The van der Waals surface area contributed by atoms with Crippen molar-refractivity contribution in [3.8, 4) is 22.2 Å². The Kier molecular flexibility index (Phi) is 2.77. The summed E-state index contributed by atoms with van der Waals surface area (Å²) in [6.45, 7) is 0. The second kappa shape index (κ2) is 4.58. The van der Waals surface area contributed by atoms with Gasteiger partial charge in [-0.15, -0.1) is 11.3 Å². The number of nitrogens with zero attached hydrogens (tertiary/aromatic N) is 3. The van der Waals surface area contributed by atoms with Crippen molar-refractivity contribution in [2.45, 2.75) is 0 Å². The van der Waals surface area contributed by atoms with E-state index >= 15 is 0 Å². The molecule has 18 heavy (non-hydrogen) atoms. The van der Waals surface area contributed by atoms with Gasteiger partial charge in [-0.2, -0.15) is 4.98 Å². The van der Waals surface area contributed by atoms with Crippen LogP contribution in [0.2, 0.25) is 0 Å². The molecule has 1 N–H and O–H groups in total. The highest BCUT2D eigenvalue weighted by Gasteiger charge is 2.11. The minimum absolute atomic E-state index is 0.515. The highest BCUT2D eigenvalue weighted by Crippen LogP contribution is 2.24. The van der Waals surface area contributed by atoms with Crippen LogP contribution in [0.5, 0.6) is 0 Å². The van der Waals surface area contributed by atoms with Gasteiger partial charge in [0.25, 0.3) is 5.89 Å². The predicted octanol–water partition coefficient (Wildman–Crippen LogP) is 2.90. The summed E-state index contributed by atoms with van der Waals surface area (Å²) >= 11 is 1.48. The molecule has 3 aromatic rings. The van der Waals surface area contributed by atoms with E-state index in [0.717, 1.165) is 16.1 Å². The molecule has 0 aliphatic carbocycles. The molecule has 0 unspecified atom stereocenters. The van der Waals surface area contributed by atoms with Gasteiger partial charge in [-0.05, 0) is 24.3 Å². The zero-order valence-corrected chi connectivity index (χ0v) is 10.4. The largest absolute Gasteiger partial charge is 0.388 e. The van der Waals surface area contributed by atoms with Gasteiger partial charge in [-0.25, -0.2) is 0 Å². The van der Waals surface area contributed by atoms with Crippen LogP contribution in [0.4, 0.5) is 5.69 Å². The van der Waals surface area contributed by atoms with Crippen LogP contribution in [-0.4, -0.2) is 22.2 Å². The maximum atomic E-state index is 5.25. The number of thiazole rings is 1. The summed E-state index contributed by atoms with van der Waals surface area (Å²) in [6, 6.07) is 7.81. The van der Waals surface area contributed by atoms with E-state index in [0.29, 0.717) is 11.7 Å². The van der Waals surface area contributed by atoms with Crippen molar-refractivity contribution in [3.63, 3.8) is 0 Å². The fourth-order valence-corrected chi connectivity index (χ4v) is 2.09. The molecule has 2 aromatic heterocycles. The quantitative estimate of drug-likeness (QED) is 0.782. The lowest BCUT2D eigenvalue weighted by Gasteiger charge is -1.99. The molecule has 5 nitrogen and oxygen atoms in total. The van der Waals surface area contributed by atoms with Crippen LogP contribution in [-0.2, 0) is 0 Å². The van der Waals surface area contributed by atoms with Gasteiger partial charge in [0, 0.05) is 24.5 Å². The third kappa shape index (κ3) is 1.98. The Morgan fingerprint density at radius 2 is 2.06 bits per heavy atom. The number of benzene rings is 1. The van der Waals surface area contributed by atoms with Crippen molar-refractivity contribution in [1.82, 2.24) is 15.1 Å². The fourth-order valence-electron chi connectivity index (χ4n) is 1.55. The van der Waals surface area contributed by atoms with Crippen LogP contribution in [0.3, 0.4) is 0 Å². The highest BCUT2D eigenvalue weighted by atomic mass is 32.1. The van der Waals surface area contributed by atoms with Crippen molar-refractivity contribution in [2.75, 3.05) is 12.4 Å². The minimum atomic E-state index is 0.515. The first-order chi connectivity index (χ1) is 8.86. The van der Waals surface area contributed by atoms with Gasteiger partial charge in [0.1, 0.15) is 0 Å². The molecule has 0 saturated carbocycles. The van der Waals surface area contributed by atoms with Gasteiger partial charge < -0.3 is 9.84 Å². The summed E-state index contributed by atoms with van der Waals surface area (Å²) in [6.07, 6.45) is 1.73. The molecule has 0 saturated heterocycles. The van der Waals surface area contributed by atoms with Crippen LogP contribution in [0, 0.1) is 0 Å². The average Bonchev–Trinajstić information content (AvgIpc) is 3.09. The Bertz CT molecular complexity index is 630. The van der Waals surface area contributed by atoms with Crippen LogP contribution in [0.25, 0.3) is 22.2 Å². The van der Waals surface area contributed by atoms with Crippen molar-refractivity contribution >= 4 is 17.0 Å². The van der Waals surface area contributed by atoms with Gasteiger partial charge in [0.15, 0.2) is 0 Å². The molecule has 1 aromatic carbocycles. The second-order valence-electron chi connectivity index (χ2n) is 3.62. The minimum Gasteiger partial charge on any atom is -0.388 e. The second-order valence-corrected chi connectivity index (χ2v) is 4.50. The lowest BCUT2D eigenvalue weighted by Crippen LogP contribution is -1.86. The standard InChI is InChI=1S/C12H10N4OS/c1-13-9-4-2-8(3-5-9)12-15-11(16-17-12)10-6-14-7-18-10/h2-7,13H,1H3. The number of hydrogen-bond donors (Lipinski definition) is 1. The number of rotatable bonds is 3. The van der Waals surface area contributed by atoms with Gasteiger partial charge in [-0.3, -0.25) is 4.98 Å². The van der Waals surface area contributed by atoms with Crippen molar-refractivity contribution in [1.29, 1.82) is 0 Å². The fraction of sp³-hybridized carbons (Fsp3) is 0.0833. The number of hydrogen-bond acceptors (Lipinski definition) is 6. The first-order valence-corrected chi connectivity index (χ1v) is 6.25. The Morgan fingerprint density at radius 1 is 1.22 bits per heavy atom. The van der Waals surface area contributed by atoms with E-state index in [-0.39, 0.29) is 0 Å². The molecule has 0 spiro atoms. The van der Waals surface area contributed by atoms with Gasteiger partial charge >= 0.3 is 0 Å². The van der Waals surface area contributed by atoms with Crippen LogP contribution < -0.4 is 5.32 Å². The first kappa shape index (κ1) is 10.9. The lowest BCUT2D eigenvalue weighted by molar-refractivity contribution is 0.432. The number of anilines is 1. The Balaban J connectivity index is 1.92. The molecule has 90 valence electrons. The molecule has 6 heteroatoms.